The third-order valence-electron chi connectivity index (χ3n) is 6.00. The minimum atomic E-state index is 0.593. The van der Waals surface area contributed by atoms with Crippen LogP contribution < -0.4 is 10.2 Å². The number of nitrogens with zero attached hydrogens (tertiary/aromatic N) is 3. The summed E-state index contributed by atoms with van der Waals surface area (Å²) in [6.07, 6.45) is 11.6. The van der Waals surface area contributed by atoms with Gasteiger partial charge < -0.3 is 15.6 Å². The van der Waals surface area contributed by atoms with E-state index < -0.39 is 0 Å². The fourth-order valence-electron chi connectivity index (χ4n) is 4.15. The van der Waals surface area contributed by atoms with Gasteiger partial charge in [0.05, 0.1) is 5.69 Å². The van der Waals surface area contributed by atoms with Crippen LogP contribution in [-0.4, -0.2) is 29.3 Å². The van der Waals surface area contributed by atoms with Crippen molar-refractivity contribution in [1.29, 1.82) is 5.41 Å². The van der Waals surface area contributed by atoms with E-state index in [2.05, 4.69) is 32.3 Å². The lowest BCUT2D eigenvalue weighted by Crippen LogP contribution is -2.18. The molecule has 2 aromatic rings. The number of hydrogen-bond donors (Lipinski definition) is 2. The normalized spacial score (nSPS) is 22.9. The monoisotopic (exact) mass is 333 g/mol. The molecular formula is C20H23N5. The maximum atomic E-state index is 7.69. The summed E-state index contributed by atoms with van der Waals surface area (Å²) in [5, 5.41) is 11.2. The SMILES string of the molecule is N=Cc1cnc(C2CC23CC3)cc1Nc1ccnc(N2CCCC2)c1. The Bertz CT molecular complexity index is 821. The van der Waals surface area contributed by atoms with E-state index in [9.17, 15) is 0 Å². The lowest BCUT2D eigenvalue weighted by Gasteiger charge is -2.18. The molecule has 3 aliphatic rings. The number of nitrogens with one attached hydrogen (secondary N) is 2. The quantitative estimate of drug-likeness (QED) is 0.809. The molecule has 25 heavy (non-hydrogen) atoms. The van der Waals surface area contributed by atoms with E-state index in [0.717, 1.165) is 35.8 Å². The predicted octanol–water partition coefficient (Wildman–Crippen LogP) is 4.09. The third kappa shape index (κ3) is 2.68. The summed E-state index contributed by atoms with van der Waals surface area (Å²) in [6.45, 7) is 2.18. The highest BCUT2D eigenvalue weighted by atomic mass is 15.2. The van der Waals surface area contributed by atoms with Crippen LogP contribution in [0.1, 0.15) is 49.3 Å². The number of anilines is 3. The number of hydrogen-bond acceptors (Lipinski definition) is 5. The third-order valence-corrected chi connectivity index (χ3v) is 6.00. The van der Waals surface area contributed by atoms with Crippen molar-refractivity contribution >= 4 is 23.4 Å². The molecule has 1 unspecified atom stereocenters. The first-order valence-electron chi connectivity index (χ1n) is 9.26. The molecule has 1 saturated heterocycles. The number of aromatic nitrogens is 2. The molecule has 0 bridgehead atoms. The van der Waals surface area contributed by atoms with Crippen LogP contribution in [0.2, 0.25) is 0 Å². The van der Waals surface area contributed by atoms with Gasteiger partial charge in [0.2, 0.25) is 0 Å². The topological polar surface area (TPSA) is 64.9 Å². The Hall–Kier alpha value is -2.43. The van der Waals surface area contributed by atoms with Crippen molar-refractivity contribution in [2.24, 2.45) is 5.41 Å². The first-order chi connectivity index (χ1) is 12.3. The molecule has 2 aliphatic carbocycles. The summed E-state index contributed by atoms with van der Waals surface area (Å²) in [4.78, 5) is 11.5. The molecule has 128 valence electrons. The largest absolute Gasteiger partial charge is 0.357 e. The smallest absolute Gasteiger partial charge is 0.130 e. The summed E-state index contributed by atoms with van der Waals surface area (Å²) in [5.41, 5.74) is 4.60. The van der Waals surface area contributed by atoms with Crippen molar-refractivity contribution < 1.29 is 0 Å². The first kappa shape index (κ1) is 14.9. The molecule has 0 amide bonds. The van der Waals surface area contributed by atoms with E-state index in [4.69, 9.17) is 5.41 Å². The maximum Gasteiger partial charge on any atom is 0.130 e. The summed E-state index contributed by atoms with van der Waals surface area (Å²) in [7, 11) is 0. The zero-order valence-electron chi connectivity index (χ0n) is 14.3. The van der Waals surface area contributed by atoms with Crippen LogP contribution in [0, 0.1) is 10.8 Å². The van der Waals surface area contributed by atoms with Gasteiger partial charge in [-0.25, -0.2) is 4.98 Å². The van der Waals surface area contributed by atoms with E-state index in [1.54, 1.807) is 0 Å². The van der Waals surface area contributed by atoms with Crippen molar-refractivity contribution in [2.45, 2.75) is 38.0 Å². The standard InChI is InChI=1S/C20H23N5/c21-12-14-13-23-18(16-11-20(16)4-5-20)10-17(14)24-15-3-6-22-19(9-15)25-7-1-2-8-25/h3,6,9-10,12-13,16,21H,1-2,4-5,7-8,11H2,(H,22,23,24). The van der Waals surface area contributed by atoms with Crippen molar-refractivity contribution in [3.63, 3.8) is 0 Å². The van der Waals surface area contributed by atoms with Gasteiger partial charge in [-0.1, -0.05) is 0 Å². The zero-order chi connectivity index (χ0) is 16.9. The van der Waals surface area contributed by atoms with Gasteiger partial charge in [-0.05, 0) is 49.7 Å². The summed E-state index contributed by atoms with van der Waals surface area (Å²) < 4.78 is 0. The van der Waals surface area contributed by atoms with Crippen LogP contribution in [0.4, 0.5) is 17.2 Å². The number of rotatable bonds is 5. The average molecular weight is 333 g/mol. The fourth-order valence-corrected chi connectivity index (χ4v) is 4.15. The zero-order valence-corrected chi connectivity index (χ0v) is 14.3. The van der Waals surface area contributed by atoms with Crippen molar-refractivity contribution in [3.05, 3.63) is 41.9 Å². The molecule has 3 heterocycles. The summed E-state index contributed by atoms with van der Waals surface area (Å²) in [6, 6.07) is 6.25. The molecule has 2 aromatic heterocycles. The summed E-state index contributed by atoms with van der Waals surface area (Å²) >= 11 is 0. The van der Waals surface area contributed by atoms with E-state index in [-0.39, 0.29) is 0 Å². The lowest BCUT2D eigenvalue weighted by atomic mass is 10.1. The maximum absolute atomic E-state index is 7.69. The van der Waals surface area contributed by atoms with Crippen LogP contribution in [-0.2, 0) is 0 Å². The number of pyridine rings is 2. The molecule has 2 saturated carbocycles. The second-order valence-corrected chi connectivity index (χ2v) is 7.68. The molecule has 0 radical (unpaired) electrons. The molecule has 1 spiro atoms. The predicted molar refractivity (Wildman–Crippen MR) is 100 cm³/mol. The Kier molecular flexibility index (Phi) is 3.30. The van der Waals surface area contributed by atoms with Gasteiger partial charge in [-0.3, -0.25) is 4.98 Å². The van der Waals surface area contributed by atoms with Crippen molar-refractivity contribution in [2.75, 3.05) is 23.3 Å². The lowest BCUT2D eigenvalue weighted by molar-refractivity contribution is 0.820. The Labute approximate surface area is 148 Å². The molecule has 5 heteroatoms. The molecule has 1 atom stereocenters. The van der Waals surface area contributed by atoms with Gasteiger partial charge in [0.25, 0.3) is 0 Å². The Morgan fingerprint density at radius 1 is 1.20 bits per heavy atom. The average Bonchev–Trinajstić information content (AvgIpc) is 3.51. The molecule has 2 N–H and O–H groups in total. The van der Waals surface area contributed by atoms with Gasteiger partial charge in [-0.2, -0.15) is 0 Å². The highest BCUT2D eigenvalue weighted by Crippen LogP contribution is 2.74. The van der Waals surface area contributed by atoms with E-state index >= 15 is 0 Å². The molecule has 5 nitrogen and oxygen atoms in total. The van der Waals surface area contributed by atoms with Crippen LogP contribution in [0.3, 0.4) is 0 Å². The van der Waals surface area contributed by atoms with Crippen LogP contribution >= 0.6 is 0 Å². The highest BCUT2D eigenvalue weighted by molar-refractivity contribution is 5.87. The van der Waals surface area contributed by atoms with E-state index in [1.165, 1.54) is 44.0 Å². The van der Waals surface area contributed by atoms with Gasteiger partial charge in [-0.15, -0.1) is 0 Å². The first-order valence-corrected chi connectivity index (χ1v) is 9.26. The van der Waals surface area contributed by atoms with Gasteiger partial charge >= 0.3 is 0 Å². The van der Waals surface area contributed by atoms with Crippen molar-refractivity contribution in [1.82, 2.24) is 9.97 Å². The van der Waals surface area contributed by atoms with Crippen LogP contribution in [0.5, 0.6) is 0 Å². The van der Waals surface area contributed by atoms with Gasteiger partial charge in [0.15, 0.2) is 0 Å². The Morgan fingerprint density at radius 2 is 2.04 bits per heavy atom. The van der Waals surface area contributed by atoms with E-state index in [0.29, 0.717) is 11.3 Å². The Morgan fingerprint density at radius 3 is 2.76 bits per heavy atom. The Balaban J connectivity index is 1.42. The molecule has 0 aromatic carbocycles. The molecule has 3 fully saturated rings. The van der Waals surface area contributed by atoms with Crippen LogP contribution in [0.25, 0.3) is 0 Å². The van der Waals surface area contributed by atoms with Crippen LogP contribution in [0.15, 0.2) is 30.6 Å². The minimum absolute atomic E-state index is 0.593. The second kappa shape index (κ2) is 5.55. The fraction of sp³-hybridized carbons (Fsp3) is 0.450. The van der Waals surface area contributed by atoms with Crippen molar-refractivity contribution in [3.8, 4) is 0 Å². The summed E-state index contributed by atoms with van der Waals surface area (Å²) in [5.74, 6) is 1.66. The molecule has 1 aliphatic heterocycles. The molecular weight excluding hydrogens is 310 g/mol. The second-order valence-electron chi connectivity index (χ2n) is 7.68. The van der Waals surface area contributed by atoms with Gasteiger partial charge in [0, 0.05) is 60.6 Å². The van der Waals surface area contributed by atoms with Gasteiger partial charge in [0.1, 0.15) is 5.82 Å². The molecule has 5 rings (SSSR count). The van der Waals surface area contributed by atoms with E-state index in [1.807, 2.05) is 18.5 Å². The highest BCUT2D eigenvalue weighted by Gasteiger charge is 2.63. The minimum Gasteiger partial charge on any atom is -0.357 e.